The average Bonchev–Trinajstić information content (AvgIpc) is 2.69. The molecule has 4 aliphatic rings. The van der Waals surface area contributed by atoms with E-state index in [9.17, 15) is 4.79 Å². The molecule has 0 saturated heterocycles. The molecule has 0 aromatic rings. The first-order valence-corrected chi connectivity index (χ1v) is 5.63. The van der Waals surface area contributed by atoms with Crippen molar-refractivity contribution in [3.8, 4) is 0 Å². The first-order valence-electron chi connectivity index (χ1n) is 5.63. The minimum Gasteiger partial charge on any atom is -0.481 e. The number of hydrogen-bond donors (Lipinski definition) is 1. The van der Waals surface area contributed by atoms with Gasteiger partial charge in [0.15, 0.2) is 0 Å². The maximum atomic E-state index is 11.1. The topological polar surface area (TPSA) is 37.3 Å². The van der Waals surface area contributed by atoms with E-state index in [0.717, 1.165) is 12.3 Å². The van der Waals surface area contributed by atoms with Crippen molar-refractivity contribution in [2.45, 2.75) is 33.6 Å². The minimum absolute atomic E-state index is 0.0284. The molecule has 0 amide bonds. The minimum atomic E-state index is -0.555. The summed E-state index contributed by atoms with van der Waals surface area (Å²) in [6.45, 7) is 6.85. The molecule has 14 heavy (non-hydrogen) atoms. The van der Waals surface area contributed by atoms with Gasteiger partial charge in [0.25, 0.3) is 0 Å². The zero-order valence-electron chi connectivity index (χ0n) is 9.08. The van der Waals surface area contributed by atoms with E-state index in [1.165, 1.54) is 6.42 Å². The summed E-state index contributed by atoms with van der Waals surface area (Å²) in [4.78, 5) is 11.1. The lowest BCUT2D eigenvalue weighted by atomic mass is 9.45. The fourth-order valence-corrected chi connectivity index (χ4v) is 4.71. The van der Waals surface area contributed by atoms with Gasteiger partial charge in [-0.05, 0) is 41.4 Å². The molecule has 5 atom stereocenters. The second-order valence-electron chi connectivity index (χ2n) is 6.33. The van der Waals surface area contributed by atoms with Gasteiger partial charge >= 0.3 is 5.97 Å². The SMILES string of the molecule is CC1(C)C2CC3C(C(=O)O)C3(C)C1C2. The van der Waals surface area contributed by atoms with Crippen molar-refractivity contribution in [3.05, 3.63) is 0 Å². The Labute approximate surface area is 84.7 Å². The monoisotopic (exact) mass is 194 g/mol. The van der Waals surface area contributed by atoms with Gasteiger partial charge in [0.1, 0.15) is 0 Å². The van der Waals surface area contributed by atoms with Crippen molar-refractivity contribution in [1.29, 1.82) is 0 Å². The van der Waals surface area contributed by atoms with Crippen LogP contribution in [-0.4, -0.2) is 11.1 Å². The highest BCUT2D eigenvalue weighted by Gasteiger charge is 2.78. The smallest absolute Gasteiger partial charge is 0.307 e. The first-order chi connectivity index (χ1) is 6.40. The van der Waals surface area contributed by atoms with Crippen molar-refractivity contribution < 1.29 is 9.90 Å². The van der Waals surface area contributed by atoms with E-state index in [1.54, 1.807) is 0 Å². The summed E-state index contributed by atoms with van der Waals surface area (Å²) >= 11 is 0. The van der Waals surface area contributed by atoms with Crippen molar-refractivity contribution in [2.24, 2.45) is 34.5 Å². The summed E-state index contributed by atoms with van der Waals surface area (Å²) in [6, 6.07) is 0. The van der Waals surface area contributed by atoms with Gasteiger partial charge in [-0.1, -0.05) is 20.8 Å². The largest absolute Gasteiger partial charge is 0.481 e. The van der Waals surface area contributed by atoms with Gasteiger partial charge in [0.2, 0.25) is 0 Å². The second-order valence-corrected chi connectivity index (χ2v) is 6.33. The predicted molar refractivity (Wildman–Crippen MR) is 52.7 cm³/mol. The lowest BCUT2D eigenvalue weighted by molar-refractivity contribution is -0.141. The molecule has 0 aromatic heterocycles. The highest BCUT2D eigenvalue weighted by Crippen LogP contribution is 2.80. The molecule has 2 bridgehead atoms. The van der Waals surface area contributed by atoms with E-state index in [0.29, 0.717) is 17.3 Å². The Morgan fingerprint density at radius 1 is 1.29 bits per heavy atom. The van der Waals surface area contributed by atoms with E-state index in [-0.39, 0.29) is 11.3 Å². The Morgan fingerprint density at radius 2 is 1.93 bits per heavy atom. The zero-order chi connectivity index (χ0) is 10.3. The predicted octanol–water partition coefficient (Wildman–Crippen LogP) is 2.39. The standard InChI is InChI=1S/C12H18O2/c1-11(2)6-4-7-9(10(13)14)12(7,3)8(11)5-6/h6-9H,4-5H2,1-3H3,(H,13,14). The molecule has 2 nitrogen and oxygen atoms in total. The maximum absolute atomic E-state index is 11.1. The van der Waals surface area contributed by atoms with Crippen LogP contribution >= 0.6 is 0 Å². The lowest BCUT2D eigenvalue weighted by Gasteiger charge is -2.59. The van der Waals surface area contributed by atoms with Crippen LogP contribution in [0, 0.1) is 34.5 Å². The fourth-order valence-electron chi connectivity index (χ4n) is 4.71. The van der Waals surface area contributed by atoms with Crippen LogP contribution in [0.5, 0.6) is 0 Å². The van der Waals surface area contributed by atoms with Crippen molar-refractivity contribution in [3.63, 3.8) is 0 Å². The van der Waals surface area contributed by atoms with Crippen LogP contribution in [0.4, 0.5) is 0 Å². The molecule has 4 fully saturated rings. The zero-order valence-corrected chi connectivity index (χ0v) is 9.08. The first kappa shape index (κ1) is 8.75. The average molecular weight is 194 g/mol. The van der Waals surface area contributed by atoms with Crippen LogP contribution in [0.1, 0.15) is 33.6 Å². The van der Waals surface area contributed by atoms with E-state index in [2.05, 4.69) is 20.8 Å². The number of carboxylic acid groups (broad SMARTS) is 1. The fraction of sp³-hybridized carbons (Fsp3) is 0.917. The quantitative estimate of drug-likeness (QED) is 0.696. The van der Waals surface area contributed by atoms with E-state index in [4.69, 9.17) is 5.11 Å². The van der Waals surface area contributed by atoms with Gasteiger partial charge in [0, 0.05) is 0 Å². The van der Waals surface area contributed by atoms with Crippen molar-refractivity contribution in [2.75, 3.05) is 0 Å². The third-order valence-corrected chi connectivity index (χ3v) is 5.79. The molecular formula is C12H18O2. The van der Waals surface area contributed by atoms with Crippen LogP contribution in [0.3, 0.4) is 0 Å². The molecule has 4 saturated carbocycles. The molecule has 0 heterocycles. The summed E-state index contributed by atoms with van der Waals surface area (Å²) in [7, 11) is 0. The van der Waals surface area contributed by atoms with E-state index >= 15 is 0 Å². The Balaban J connectivity index is 1.94. The van der Waals surface area contributed by atoms with E-state index < -0.39 is 5.97 Å². The van der Waals surface area contributed by atoms with Crippen molar-refractivity contribution in [1.82, 2.24) is 0 Å². The number of rotatable bonds is 1. The van der Waals surface area contributed by atoms with Crippen LogP contribution in [-0.2, 0) is 4.79 Å². The summed E-state index contributed by atoms with van der Waals surface area (Å²) in [5.41, 5.74) is 0.555. The number of carbonyl (C=O) groups is 1. The van der Waals surface area contributed by atoms with Gasteiger partial charge in [-0.3, -0.25) is 4.79 Å². The normalized spacial score (nSPS) is 57.1. The second kappa shape index (κ2) is 2.02. The molecule has 4 aliphatic carbocycles. The summed E-state index contributed by atoms with van der Waals surface area (Å²) < 4.78 is 0. The van der Waals surface area contributed by atoms with E-state index in [1.807, 2.05) is 0 Å². The summed E-state index contributed by atoms with van der Waals surface area (Å²) in [6.07, 6.45) is 2.45. The van der Waals surface area contributed by atoms with Gasteiger partial charge in [-0.15, -0.1) is 0 Å². The summed E-state index contributed by atoms with van der Waals surface area (Å²) in [5.74, 6) is 1.38. The lowest BCUT2D eigenvalue weighted by Crippen LogP contribution is -2.52. The highest BCUT2D eigenvalue weighted by molar-refractivity contribution is 5.76. The molecule has 1 N–H and O–H groups in total. The Bertz CT molecular complexity index is 320. The molecule has 0 aromatic carbocycles. The molecule has 0 aliphatic heterocycles. The van der Waals surface area contributed by atoms with Crippen LogP contribution in [0.15, 0.2) is 0 Å². The maximum Gasteiger partial charge on any atom is 0.307 e. The van der Waals surface area contributed by atoms with Gasteiger partial charge in [-0.2, -0.15) is 0 Å². The molecule has 0 radical (unpaired) electrons. The number of carboxylic acids is 1. The van der Waals surface area contributed by atoms with Gasteiger partial charge in [0.05, 0.1) is 5.92 Å². The third kappa shape index (κ3) is 0.665. The van der Waals surface area contributed by atoms with Crippen LogP contribution in [0.2, 0.25) is 0 Å². The van der Waals surface area contributed by atoms with Gasteiger partial charge in [-0.25, -0.2) is 0 Å². The van der Waals surface area contributed by atoms with Crippen molar-refractivity contribution >= 4 is 5.97 Å². The van der Waals surface area contributed by atoms with Crippen LogP contribution < -0.4 is 0 Å². The Hall–Kier alpha value is -0.530. The third-order valence-electron chi connectivity index (χ3n) is 5.79. The highest BCUT2D eigenvalue weighted by atomic mass is 16.4. The molecule has 4 rings (SSSR count). The molecule has 78 valence electrons. The molecule has 2 heteroatoms. The molecule has 5 unspecified atom stereocenters. The Kier molecular flexibility index (Phi) is 1.27. The number of aliphatic carboxylic acids is 1. The molecular weight excluding hydrogens is 176 g/mol. The number of hydrogen-bond acceptors (Lipinski definition) is 1. The van der Waals surface area contributed by atoms with Crippen LogP contribution in [0.25, 0.3) is 0 Å². The van der Waals surface area contributed by atoms with Gasteiger partial charge < -0.3 is 5.11 Å². The summed E-state index contributed by atoms with van der Waals surface area (Å²) in [5, 5.41) is 9.16. The molecule has 0 spiro atoms. The Morgan fingerprint density at radius 3 is 2.36 bits per heavy atom.